The molecule has 0 radical (unpaired) electrons. The molecule has 174 valence electrons. The highest BCUT2D eigenvalue weighted by molar-refractivity contribution is 6.52. The molecule has 3 aromatic carbocycles. The largest absolute Gasteiger partial charge is 0.507 e. The van der Waals surface area contributed by atoms with Crippen molar-refractivity contribution in [1.82, 2.24) is 0 Å². The molecule has 0 spiro atoms. The van der Waals surface area contributed by atoms with Crippen molar-refractivity contribution in [1.29, 1.82) is 0 Å². The lowest BCUT2D eigenvalue weighted by atomic mass is 9.95. The topological polar surface area (TPSA) is 70.1 Å². The molecule has 0 bridgehead atoms. The van der Waals surface area contributed by atoms with Crippen molar-refractivity contribution in [3.8, 4) is 5.75 Å². The van der Waals surface area contributed by atoms with Gasteiger partial charge in [0.2, 0.25) is 0 Å². The van der Waals surface area contributed by atoms with Crippen LogP contribution in [0.25, 0.3) is 5.76 Å². The Morgan fingerprint density at radius 3 is 2.18 bits per heavy atom. The highest BCUT2D eigenvalue weighted by atomic mass is 35.5. The number of Topliss-reactive ketones (excluding diaryl/α,β-unsaturated/α-hetero) is 1. The van der Waals surface area contributed by atoms with Crippen molar-refractivity contribution >= 4 is 52.0 Å². The second kappa shape index (κ2) is 9.41. The Labute approximate surface area is 207 Å². The van der Waals surface area contributed by atoms with E-state index < -0.39 is 17.7 Å². The highest BCUT2D eigenvalue weighted by Gasteiger charge is 2.47. The second-order valence-electron chi connectivity index (χ2n) is 7.98. The number of anilines is 2. The summed E-state index contributed by atoms with van der Waals surface area (Å²) in [6.07, 6.45) is 0. The third kappa shape index (κ3) is 4.22. The number of halogens is 2. The van der Waals surface area contributed by atoms with Crippen LogP contribution in [0.4, 0.5) is 11.4 Å². The maximum absolute atomic E-state index is 13.3. The fourth-order valence-corrected chi connectivity index (χ4v) is 4.32. The zero-order chi connectivity index (χ0) is 24.6. The molecule has 34 heavy (non-hydrogen) atoms. The first-order valence-corrected chi connectivity index (χ1v) is 11.2. The predicted octanol–water partition coefficient (Wildman–Crippen LogP) is 5.69. The van der Waals surface area contributed by atoms with Crippen LogP contribution < -0.4 is 14.5 Å². The summed E-state index contributed by atoms with van der Waals surface area (Å²) >= 11 is 12.3. The Kier molecular flexibility index (Phi) is 6.55. The number of ether oxygens (including phenoxy) is 1. The molecule has 6 nitrogen and oxygen atoms in total. The van der Waals surface area contributed by atoms with Gasteiger partial charge >= 0.3 is 0 Å². The van der Waals surface area contributed by atoms with E-state index in [1.165, 1.54) is 12.0 Å². The van der Waals surface area contributed by atoms with Gasteiger partial charge in [-0.1, -0.05) is 35.3 Å². The Morgan fingerprint density at radius 1 is 0.971 bits per heavy atom. The van der Waals surface area contributed by atoms with Gasteiger partial charge in [-0.15, -0.1) is 0 Å². The first-order valence-electron chi connectivity index (χ1n) is 10.4. The molecule has 4 rings (SSSR count). The maximum atomic E-state index is 13.3. The van der Waals surface area contributed by atoms with Crippen LogP contribution in [0.1, 0.15) is 17.2 Å². The van der Waals surface area contributed by atoms with E-state index in [4.69, 9.17) is 27.9 Å². The van der Waals surface area contributed by atoms with Crippen LogP contribution >= 0.6 is 23.2 Å². The molecule has 1 aliphatic rings. The quantitative estimate of drug-likeness (QED) is 0.279. The maximum Gasteiger partial charge on any atom is 0.300 e. The van der Waals surface area contributed by atoms with E-state index in [1.807, 2.05) is 43.3 Å². The lowest BCUT2D eigenvalue weighted by Crippen LogP contribution is -2.29. The number of benzene rings is 3. The molecule has 1 aliphatic heterocycles. The average Bonchev–Trinajstić information content (AvgIpc) is 3.09. The Bertz CT molecular complexity index is 1290. The smallest absolute Gasteiger partial charge is 0.300 e. The number of hydrogen-bond acceptors (Lipinski definition) is 5. The van der Waals surface area contributed by atoms with Crippen LogP contribution in [-0.2, 0) is 9.59 Å². The molecule has 1 heterocycles. The summed E-state index contributed by atoms with van der Waals surface area (Å²) in [7, 11) is 5.33. The summed E-state index contributed by atoms with van der Waals surface area (Å²) in [5, 5.41) is 11.9. The summed E-state index contributed by atoms with van der Waals surface area (Å²) in [6, 6.07) is 17.8. The van der Waals surface area contributed by atoms with Gasteiger partial charge in [-0.05, 0) is 60.2 Å². The summed E-state index contributed by atoms with van der Waals surface area (Å²) in [6.45, 7) is 0. The molecule has 1 amide bonds. The van der Waals surface area contributed by atoms with Crippen molar-refractivity contribution in [2.75, 3.05) is 31.0 Å². The number of aliphatic hydroxyl groups excluding tert-OH is 1. The van der Waals surface area contributed by atoms with E-state index in [1.54, 1.807) is 42.5 Å². The molecule has 0 saturated carbocycles. The Balaban J connectivity index is 1.92. The van der Waals surface area contributed by atoms with Crippen molar-refractivity contribution in [3.05, 3.63) is 93.5 Å². The van der Waals surface area contributed by atoms with Crippen molar-refractivity contribution in [3.63, 3.8) is 0 Å². The van der Waals surface area contributed by atoms with Crippen LogP contribution in [0, 0.1) is 0 Å². The molecular formula is C26H22Cl2N2O4. The van der Waals surface area contributed by atoms with Gasteiger partial charge in [-0.2, -0.15) is 0 Å². The number of ketones is 1. The fourth-order valence-electron chi connectivity index (χ4n) is 3.94. The molecule has 0 aromatic heterocycles. The highest BCUT2D eigenvalue weighted by Crippen LogP contribution is 2.43. The van der Waals surface area contributed by atoms with E-state index in [-0.39, 0.29) is 11.3 Å². The van der Waals surface area contributed by atoms with Gasteiger partial charge in [0, 0.05) is 36.1 Å². The number of carbonyl (C=O) groups excluding carboxylic acids is 2. The third-order valence-corrected chi connectivity index (χ3v) is 6.25. The Hall–Kier alpha value is -3.48. The molecule has 1 fully saturated rings. The van der Waals surface area contributed by atoms with Gasteiger partial charge in [0.15, 0.2) is 0 Å². The number of methoxy groups -OCH3 is 1. The zero-order valence-corrected chi connectivity index (χ0v) is 20.3. The SMILES string of the molecule is COc1ccc(N2C(=O)C(=O)/C(=C(/O)c3ccc(Cl)cc3)C2c2ccc(N(C)C)cc2)cc1Cl. The van der Waals surface area contributed by atoms with Crippen molar-refractivity contribution in [2.24, 2.45) is 0 Å². The molecule has 1 unspecified atom stereocenters. The van der Waals surface area contributed by atoms with Gasteiger partial charge in [-0.25, -0.2) is 0 Å². The summed E-state index contributed by atoms with van der Waals surface area (Å²) in [4.78, 5) is 29.8. The summed E-state index contributed by atoms with van der Waals surface area (Å²) < 4.78 is 5.22. The van der Waals surface area contributed by atoms with Gasteiger partial charge in [0.1, 0.15) is 11.5 Å². The number of aliphatic hydroxyl groups is 1. The molecule has 8 heteroatoms. The number of nitrogens with zero attached hydrogens (tertiary/aromatic N) is 2. The van der Waals surface area contributed by atoms with E-state index in [0.29, 0.717) is 32.6 Å². The fraction of sp³-hybridized carbons (Fsp3) is 0.154. The third-order valence-electron chi connectivity index (χ3n) is 5.70. The van der Waals surface area contributed by atoms with Gasteiger partial charge in [0.25, 0.3) is 11.7 Å². The second-order valence-corrected chi connectivity index (χ2v) is 8.82. The molecule has 1 atom stereocenters. The zero-order valence-electron chi connectivity index (χ0n) is 18.8. The minimum Gasteiger partial charge on any atom is -0.507 e. The normalized spacial score (nSPS) is 17.2. The molecule has 0 aliphatic carbocycles. The molecule has 3 aromatic rings. The van der Waals surface area contributed by atoms with Crippen molar-refractivity contribution in [2.45, 2.75) is 6.04 Å². The number of carbonyl (C=O) groups is 2. The van der Waals surface area contributed by atoms with Gasteiger partial charge in [0.05, 0.1) is 23.7 Å². The minimum absolute atomic E-state index is 0.0168. The number of hydrogen-bond donors (Lipinski definition) is 1. The average molecular weight is 497 g/mol. The van der Waals surface area contributed by atoms with Crippen LogP contribution in [0.5, 0.6) is 5.75 Å². The van der Waals surface area contributed by atoms with Crippen LogP contribution in [0.15, 0.2) is 72.3 Å². The molecule has 1 saturated heterocycles. The summed E-state index contributed by atoms with van der Waals surface area (Å²) in [5.74, 6) is -1.40. The van der Waals surface area contributed by atoms with E-state index >= 15 is 0 Å². The van der Waals surface area contributed by atoms with Crippen LogP contribution in [0.2, 0.25) is 10.0 Å². The molecule has 1 N–H and O–H groups in total. The van der Waals surface area contributed by atoms with E-state index in [2.05, 4.69) is 0 Å². The first-order chi connectivity index (χ1) is 16.2. The minimum atomic E-state index is -0.864. The number of rotatable bonds is 5. The summed E-state index contributed by atoms with van der Waals surface area (Å²) in [5.41, 5.74) is 2.38. The monoisotopic (exact) mass is 496 g/mol. The van der Waals surface area contributed by atoms with Gasteiger partial charge < -0.3 is 14.7 Å². The Morgan fingerprint density at radius 2 is 1.62 bits per heavy atom. The van der Waals surface area contributed by atoms with E-state index in [9.17, 15) is 14.7 Å². The first kappa shape index (κ1) is 23.7. The van der Waals surface area contributed by atoms with Crippen LogP contribution in [-0.4, -0.2) is 38.0 Å². The van der Waals surface area contributed by atoms with Crippen molar-refractivity contribution < 1.29 is 19.4 Å². The van der Waals surface area contributed by atoms with Crippen LogP contribution in [0.3, 0.4) is 0 Å². The number of amides is 1. The predicted molar refractivity (Wildman–Crippen MR) is 135 cm³/mol. The molecular weight excluding hydrogens is 475 g/mol. The lowest BCUT2D eigenvalue weighted by Gasteiger charge is -2.26. The lowest BCUT2D eigenvalue weighted by molar-refractivity contribution is -0.132. The van der Waals surface area contributed by atoms with E-state index in [0.717, 1.165) is 5.69 Å². The van der Waals surface area contributed by atoms with Gasteiger partial charge in [-0.3, -0.25) is 14.5 Å². The standard InChI is InChI=1S/C26H22Cl2N2O4/c1-29(2)18-10-6-15(7-11-18)23-22(24(31)16-4-8-17(27)9-5-16)25(32)26(33)30(23)19-12-13-21(34-3)20(28)14-19/h4-14,23,31H,1-3H3/b24-22+.